The van der Waals surface area contributed by atoms with Crippen molar-refractivity contribution < 1.29 is 31.9 Å². The Labute approximate surface area is 198 Å². The fourth-order valence-electron chi connectivity index (χ4n) is 4.88. The van der Waals surface area contributed by atoms with Gasteiger partial charge in [-0.3, -0.25) is 14.6 Å². The van der Waals surface area contributed by atoms with Crippen LogP contribution in [0.1, 0.15) is 40.7 Å². The van der Waals surface area contributed by atoms with E-state index in [-0.39, 0.29) is 23.0 Å². The number of nitrogens with zero attached hydrogens (tertiary/aromatic N) is 3. The second kappa shape index (κ2) is 9.19. The minimum Gasteiger partial charge on any atom is -0.381 e. The van der Waals surface area contributed by atoms with E-state index in [1.54, 1.807) is 0 Å². The van der Waals surface area contributed by atoms with Crippen LogP contribution < -0.4 is 15.1 Å². The van der Waals surface area contributed by atoms with Gasteiger partial charge in [-0.05, 0) is 55.7 Å². The lowest BCUT2D eigenvalue weighted by Crippen LogP contribution is -2.44. The van der Waals surface area contributed by atoms with Gasteiger partial charge in [-0.1, -0.05) is 0 Å². The molecule has 0 radical (unpaired) electrons. The van der Waals surface area contributed by atoms with E-state index < -0.39 is 47.1 Å². The minimum absolute atomic E-state index is 0.0157. The Bertz CT molecular complexity index is 1210. The van der Waals surface area contributed by atoms with E-state index in [0.717, 1.165) is 18.2 Å². The van der Waals surface area contributed by atoms with Crippen LogP contribution in [0.2, 0.25) is 0 Å². The molecule has 7 nitrogen and oxygen atoms in total. The Morgan fingerprint density at radius 3 is 2.37 bits per heavy atom. The molecule has 3 unspecified atom stereocenters. The number of nitriles is 1. The number of benzene rings is 2. The standard InChI is InChI=1S/C24H22F4N4O3/c1-30-22(33)17-7-5-15(10-19(17)25)31-20-8-6-16(35-2)11-21(20)32(23(31)34)14-4-3-13(12-29)18(9-14)24(26,27)28/h3-5,7,9-10,16,20-21H,6,8,11H2,1-2H3,(H,30,33). The highest BCUT2D eigenvalue weighted by atomic mass is 19.4. The summed E-state index contributed by atoms with van der Waals surface area (Å²) in [6.07, 6.45) is -3.55. The van der Waals surface area contributed by atoms with Crippen molar-refractivity contribution in [1.82, 2.24) is 5.32 Å². The molecular formula is C24H22F4N4O3. The highest BCUT2D eigenvalue weighted by Crippen LogP contribution is 2.42. The maximum absolute atomic E-state index is 14.7. The first-order valence-corrected chi connectivity index (χ1v) is 10.9. The molecule has 0 bridgehead atoms. The van der Waals surface area contributed by atoms with Gasteiger partial charge in [0.05, 0.1) is 40.9 Å². The third kappa shape index (κ3) is 4.30. The lowest BCUT2D eigenvalue weighted by molar-refractivity contribution is -0.137. The van der Waals surface area contributed by atoms with Crippen LogP contribution in [0, 0.1) is 17.1 Å². The second-order valence-electron chi connectivity index (χ2n) is 8.41. The number of hydrogen-bond donors (Lipinski definition) is 1. The van der Waals surface area contributed by atoms with E-state index >= 15 is 0 Å². The number of ether oxygens (including phenoxy) is 1. The number of urea groups is 1. The molecule has 2 aliphatic rings. The highest BCUT2D eigenvalue weighted by Gasteiger charge is 2.50. The number of anilines is 2. The number of alkyl halides is 3. The van der Waals surface area contributed by atoms with E-state index in [4.69, 9.17) is 10.00 Å². The van der Waals surface area contributed by atoms with Crippen molar-refractivity contribution in [3.05, 3.63) is 58.9 Å². The summed E-state index contributed by atoms with van der Waals surface area (Å²) in [7, 11) is 2.89. The van der Waals surface area contributed by atoms with Crippen molar-refractivity contribution in [1.29, 1.82) is 5.26 Å². The van der Waals surface area contributed by atoms with Crippen molar-refractivity contribution in [3.8, 4) is 6.07 Å². The molecule has 4 rings (SSSR count). The van der Waals surface area contributed by atoms with Crippen LogP contribution in [0.5, 0.6) is 0 Å². The van der Waals surface area contributed by atoms with Gasteiger partial charge in [0.25, 0.3) is 5.91 Å². The van der Waals surface area contributed by atoms with Gasteiger partial charge < -0.3 is 10.1 Å². The molecule has 1 N–H and O–H groups in total. The average molecular weight is 490 g/mol. The van der Waals surface area contributed by atoms with Gasteiger partial charge in [0.2, 0.25) is 0 Å². The fraction of sp³-hybridized carbons (Fsp3) is 0.375. The zero-order chi connectivity index (χ0) is 25.5. The normalized spacial score (nSPS) is 22.1. The van der Waals surface area contributed by atoms with Crippen LogP contribution in [-0.4, -0.2) is 44.3 Å². The first-order valence-electron chi connectivity index (χ1n) is 10.9. The Kier molecular flexibility index (Phi) is 6.42. The Morgan fingerprint density at radius 2 is 1.77 bits per heavy atom. The molecule has 1 saturated carbocycles. The second-order valence-corrected chi connectivity index (χ2v) is 8.41. The largest absolute Gasteiger partial charge is 0.417 e. The topological polar surface area (TPSA) is 85.7 Å². The predicted octanol–water partition coefficient (Wildman–Crippen LogP) is 4.46. The van der Waals surface area contributed by atoms with E-state index in [2.05, 4.69) is 5.32 Å². The molecule has 0 aromatic heterocycles. The number of rotatable bonds is 4. The summed E-state index contributed by atoms with van der Waals surface area (Å²) >= 11 is 0. The third-order valence-electron chi connectivity index (χ3n) is 6.55. The molecule has 3 atom stereocenters. The Morgan fingerprint density at radius 1 is 1.11 bits per heavy atom. The van der Waals surface area contributed by atoms with E-state index in [1.807, 2.05) is 0 Å². The summed E-state index contributed by atoms with van der Waals surface area (Å²) in [5, 5.41) is 11.5. The SMILES string of the molecule is CNC(=O)c1ccc(N2C(=O)N(c3ccc(C#N)c(C(F)(F)F)c3)C3CC(OC)CCC32)cc1F. The third-order valence-corrected chi connectivity index (χ3v) is 6.55. The smallest absolute Gasteiger partial charge is 0.381 e. The molecule has 2 aromatic rings. The Balaban J connectivity index is 1.79. The number of methoxy groups -OCH3 is 1. The van der Waals surface area contributed by atoms with Crippen molar-refractivity contribution in [2.75, 3.05) is 24.0 Å². The molecule has 1 saturated heterocycles. The Hall–Kier alpha value is -3.65. The lowest BCUT2D eigenvalue weighted by atomic mass is 9.87. The first kappa shape index (κ1) is 24.5. The van der Waals surface area contributed by atoms with Gasteiger partial charge in [-0.15, -0.1) is 0 Å². The summed E-state index contributed by atoms with van der Waals surface area (Å²) in [6, 6.07) is 6.83. The maximum Gasteiger partial charge on any atom is 0.417 e. The number of carbonyl (C=O) groups excluding carboxylic acids is 2. The molecule has 2 aromatic carbocycles. The minimum atomic E-state index is -4.79. The van der Waals surface area contributed by atoms with Crippen LogP contribution in [-0.2, 0) is 10.9 Å². The van der Waals surface area contributed by atoms with Gasteiger partial charge in [0.1, 0.15) is 5.82 Å². The van der Waals surface area contributed by atoms with Crippen molar-refractivity contribution >= 4 is 23.3 Å². The molecular weight excluding hydrogens is 468 g/mol. The summed E-state index contributed by atoms with van der Waals surface area (Å²) < 4.78 is 61.0. The molecule has 0 spiro atoms. The van der Waals surface area contributed by atoms with Crippen molar-refractivity contribution in [2.24, 2.45) is 0 Å². The molecule has 11 heteroatoms. The molecule has 184 valence electrons. The summed E-state index contributed by atoms with van der Waals surface area (Å²) in [4.78, 5) is 28.1. The summed E-state index contributed by atoms with van der Waals surface area (Å²) in [5.41, 5.74) is -1.70. The number of nitrogens with one attached hydrogen (secondary N) is 1. The van der Waals surface area contributed by atoms with E-state index in [1.165, 1.54) is 48.2 Å². The molecule has 3 amide bonds. The molecule has 1 aliphatic carbocycles. The number of carbonyl (C=O) groups is 2. The van der Waals surface area contributed by atoms with Crippen LogP contribution in [0.15, 0.2) is 36.4 Å². The van der Waals surface area contributed by atoms with Crippen molar-refractivity contribution in [3.63, 3.8) is 0 Å². The van der Waals surface area contributed by atoms with Crippen LogP contribution in [0.4, 0.5) is 33.7 Å². The van der Waals surface area contributed by atoms with Crippen LogP contribution in [0.25, 0.3) is 0 Å². The fourth-order valence-corrected chi connectivity index (χ4v) is 4.88. The highest BCUT2D eigenvalue weighted by molar-refractivity contribution is 6.08. The lowest BCUT2D eigenvalue weighted by Gasteiger charge is -2.35. The van der Waals surface area contributed by atoms with E-state index in [0.29, 0.717) is 19.3 Å². The van der Waals surface area contributed by atoms with Gasteiger partial charge in [-0.25, -0.2) is 9.18 Å². The van der Waals surface area contributed by atoms with E-state index in [9.17, 15) is 27.2 Å². The first-order chi connectivity index (χ1) is 16.6. The number of amides is 3. The summed E-state index contributed by atoms with van der Waals surface area (Å²) in [5.74, 6) is -1.45. The maximum atomic E-state index is 14.7. The zero-order valence-corrected chi connectivity index (χ0v) is 18.9. The number of hydrogen-bond acceptors (Lipinski definition) is 4. The summed E-state index contributed by atoms with van der Waals surface area (Å²) in [6.45, 7) is 0. The number of fused-ring (bicyclic) bond motifs is 1. The quantitative estimate of drug-likeness (QED) is 0.642. The van der Waals surface area contributed by atoms with Gasteiger partial charge in [0, 0.05) is 25.5 Å². The molecule has 2 fully saturated rings. The number of halogens is 4. The predicted molar refractivity (Wildman–Crippen MR) is 119 cm³/mol. The average Bonchev–Trinajstić information content (AvgIpc) is 3.13. The molecule has 1 heterocycles. The van der Waals surface area contributed by atoms with Gasteiger partial charge in [0.15, 0.2) is 0 Å². The molecule has 1 aliphatic heterocycles. The van der Waals surface area contributed by atoms with Crippen molar-refractivity contribution in [2.45, 2.75) is 43.6 Å². The van der Waals surface area contributed by atoms with Crippen LogP contribution >= 0.6 is 0 Å². The zero-order valence-electron chi connectivity index (χ0n) is 18.9. The molecule has 35 heavy (non-hydrogen) atoms. The monoisotopic (exact) mass is 490 g/mol. The van der Waals surface area contributed by atoms with Gasteiger partial charge in [-0.2, -0.15) is 18.4 Å². The van der Waals surface area contributed by atoms with Crippen LogP contribution in [0.3, 0.4) is 0 Å². The van der Waals surface area contributed by atoms with Gasteiger partial charge >= 0.3 is 12.2 Å².